The van der Waals surface area contributed by atoms with E-state index in [0.29, 0.717) is 17.4 Å². The first kappa shape index (κ1) is 18.7. The number of aromatic nitrogens is 1. The van der Waals surface area contributed by atoms with Crippen LogP contribution >= 0.6 is 0 Å². The standard InChI is InChI=1S/C21H25FN4O2/c22-19-12-16(6-7-20(19)28-18-5-1-8-23-14-18)13-24-21(27)26-11-3-10-25-9-2-4-17(25)15-26/h1,5-8,12,14,17H,2-4,9-11,13,15H2,(H,24,27). The van der Waals surface area contributed by atoms with Crippen molar-refractivity contribution >= 4 is 6.03 Å². The molecule has 6 nitrogen and oxygen atoms in total. The van der Waals surface area contributed by atoms with Gasteiger partial charge in [0.15, 0.2) is 11.6 Å². The molecular formula is C21H25FN4O2. The highest BCUT2D eigenvalue weighted by atomic mass is 19.1. The number of fused-ring (bicyclic) bond motifs is 1. The zero-order valence-electron chi connectivity index (χ0n) is 15.8. The lowest BCUT2D eigenvalue weighted by Gasteiger charge is -2.25. The van der Waals surface area contributed by atoms with Crippen molar-refractivity contribution in [2.75, 3.05) is 26.2 Å². The van der Waals surface area contributed by atoms with Crippen LogP contribution in [0.2, 0.25) is 0 Å². The predicted octanol–water partition coefficient (Wildman–Crippen LogP) is 3.39. The number of halogens is 1. The van der Waals surface area contributed by atoms with E-state index in [1.165, 1.54) is 18.7 Å². The summed E-state index contributed by atoms with van der Waals surface area (Å²) < 4.78 is 19.8. The van der Waals surface area contributed by atoms with Crippen LogP contribution in [0.4, 0.5) is 9.18 Å². The number of rotatable bonds is 4. The second-order valence-corrected chi connectivity index (χ2v) is 7.35. The molecule has 2 aliphatic heterocycles. The van der Waals surface area contributed by atoms with Crippen LogP contribution in [0, 0.1) is 5.82 Å². The van der Waals surface area contributed by atoms with Crippen LogP contribution in [-0.2, 0) is 6.54 Å². The Morgan fingerprint density at radius 1 is 1.25 bits per heavy atom. The summed E-state index contributed by atoms with van der Waals surface area (Å²) >= 11 is 0. The van der Waals surface area contributed by atoms with Crippen molar-refractivity contribution in [3.63, 3.8) is 0 Å². The number of hydrogen-bond acceptors (Lipinski definition) is 4. The summed E-state index contributed by atoms with van der Waals surface area (Å²) in [7, 11) is 0. The topological polar surface area (TPSA) is 57.7 Å². The normalized spacial score (nSPS) is 19.8. The van der Waals surface area contributed by atoms with Gasteiger partial charge in [-0.15, -0.1) is 0 Å². The fourth-order valence-corrected chi connectivity index (χ4v) is 3.95. The van der Waals surface area contributed by atoms with Crippen LogP contribution in [-0.4, -0.2) is 53.0 Å². The molecule has 0 radical (unpaired) electrons. The number of carbonyl (C=O) groups excluding carboxylic acids is 1. The first-order valence-electron chi connectivity index (χ1n) is 9.82. The highest BCUT2D eigenvalue weighted by Crippen LogP contribution is 2.25. The maximum atomic E-state index is 14.3. The average molecular weight is 384 g/mol. The van der Waals surface area contributed by atoms with Crippen LogP contribution in [0.25, 0.3) is 0 Å². The third kappa shape index (κ3) is 4.42. The summed E-state index contributed by atoms with van der Waals surface area (Å²) in [6.45, 7) is 4.04. The Labute approximate surface area is 164 Å². The fourth-order valence-electron chi connectivity index (χ4n) is 3.95. The van der Waals surface area contributed by atoms with Gasteiger partial charge >= 0.3 is 6.03 Å². The molecular weight excluding hydrogens is 359 g/mol. The number of urea groups is 1. The van der Waals surface area contributed by atoms with Gasteiger partial charge in [-0.2, -0.15) is 0 Å². The van der Waals surface area contributed by atoms with Crippen molar-refractivity contribution < 1.29 is 13.9 Å². The lowest BCUT2D eigenvalue weighted by molar-refractivity contribution is 0.188. The van der Waals surface area contributed by atoms with E-state index in [0.717, 1.165) is 39.0 Å². The Morgan fingerprint density at radius 3 is 2.96 bits per heavy atom. The van der Waals surface area contributed by atoms with Gasteiger partial charge in [0.2, 0.25) is 0 Å². The first-order valence-corrected chi connectivity index (χ1v) is 9.82. The highest BCUT2D eigenvalue weighted by molar-refractivity contribution is 5.74. The number of nitrogens with one attached hydrogen (secondary N) is 1. The van der Waals surface area contributed by atoms with Gasteiger partial charge in [0.05, 0.1) is 6.20 Å². The Kier molecular flexibility index (Phi) is 5.71. The molecule has 1 N–H and O–H groups in total. The number of pyridine rings is 1. The molecule has 148 valence electrons. The summed E-state index contributed by atoms with van der Waals surface area (Å²) in [5.41, 5.74) is 0.696. The van der Waals surface area contributed by atoms with Crippen LogP contribution in [0.15, 0.2) is 42.7 Å². The third-order valence-electron chi connectivity index (χ3n) is 5.39. The van der Waals surface area contributed by atoms with E-state index in [4.69, 9.17) is 4.74 Å². The van der Waals surface area contributed by atoms with E-state index >= 15 is 0 Å². The average Bonchev–Trinajstić information content (AvgIpc) is 3.05. The minimum absolute atomic E-state index is 0.0788. The van der Waals surface area contributed by atoms with Crippen LogP contribution in [0.1, 0.15) is 24.8 Å². The fraction of sp³-hybridized carbons (Fsp3) is 0.429. The summed E-state index contributed by atoms with van der Waals surface area (Å²) in [6, 6.07) is 8.58. The van der Waals surface area contributed by atoms with E-state index in [-0.39, 0.29) is 18.3 Å². The molecule has 1 unspecified atom stereocenters. The van der Waals surface area contributed by atoms with Gasteiger partial charge in [0, 0.05) is 38.4 Å². The molecule has 7 heteroatoms. The molecule has 2 amide bonds. The van der Waals surface area contributed by atoms with Crippen LogP contribution in [0.3, 0.4) is 0 Å². The van der Waals surface area contributed by atoms with E-state index in [1.807, 2.05) is 4.90 Å². The zero-order chi connectivity index (χ0) is 19.3. The van der Waals surface area contributed by atoms with E-state index in [1.54, 1.807) is 30.5 Å². The Bertz CT molecular complexity index is 817. The number of ether oxygens (including phenoxy) is 1. The molecule has 2 aromatic rings. The van der Waals surface area contributed by atoms with E-state index in [9.17, 15) is 9.18 Å². The minimum atomic E-state index is -0.466. The molecule has 1 atom stereocenters. The Morgan fingerprint density at radius 2 is 2.14 bits per heavy atom. The molecule has 2 aliphatic rings. The second-order valence-electron chi connectivity index (χ2n) is 7.35. The van der Waals surface area contributed by atoms with Gasteiger partial charge in [0.1, 0.15) is 5.75 Å². The number of nitrogens with zero attached hydrogens (tertiary/aromatic N) is 3. The van der Waals surface area contributed by atoms with Crippen molar-refractivity contribution in [2.24, 2.45) is 0 Å². The first-order chi connectivity index (χ1) is 13.7. The van der Waals surface area contributed by atoms with Gasteiger partial charge < -0.3 is 15.0 Å². The maximum absolute atomic E-state index is 14.3. The molecule has 28 heavy (non-hydrogen) atoms. The number of hydrogen-bond donors (Lipinski definition) is 1. The predicted molar refractivity (Wildman–Crippen MR) is 104 cm³/mol. The molecule has 0 bridgehead atoms. The summed E-state index contributed by atoms with van der Waals surface area (Å²) in [4.78, 5) is 20.9. The largest absolute Gasteiger partial charge is 0.453 e. The SMILES string of the molecule is O=C(NCc1ccc(Oc2cccnc2)c(F)c1)N1CCCN2CCCC2C1. The molecule has 4 rings (SSSR count). The lowest BCUT2D eigenvalue weighted by Crippen LogP contribution is -2.44. The summed E-state index contributed by atoms with van der Waals surface area (Å²) in [5, 5.41) is 2.92. The summed E-state index contributed by atoms with van der Waals surface area (Å²) in [6.07, 6.45) is 6.53. The second kappa shape index (κ2) is 8.56. The maximum Gasteiger partial charge on any atom is 0.317 e. The molecule has 2 fully saturated rings. The minimum Gasteiger partial charge on any atom is -0.453 e. The lowest BCUT2D eigenvalue weighted by atomic mass is 10.2. The smallest absolute Gasteiger partial charge is 0.317 e. The highest BCUT2D eigenvalue weighted by Gasteiger charge is 2.30. The van der Waals surface area contributed by atoms with E-state index < -0.39 is 5.82 Å². The quantitative estimate of drug-likeness (QED) is 0.878. The van der Waals surface area contributed by atoms with Crippen LogP contribution in [0.5, 0.6) is 11.5 Å². The Hall–Kier alpha value is -2.67. The summed E-state index contributed by atoms with van der Waals surface area (Å²) in [5.74, 6) is 0.147. The Balaban J connectivity index is 1.33. The van der Waals surface area contributed by atoms with Gasteiger partial charge in [-0.25, -0.2) is 9.18 Å². The number of amides is 2. The number of carbonyl (C=O) groups is 1. The van der Waals surface area contributed by atoms with Gasteiger partial charge in [-0.05, 0) is 55.6 Å². The molecule has 1 aromatic heterocycles. The van der Waals surface area contributed by atoms with Gasteiger partial charge in [-0.1, -0.05) is 6.07 Å². The van der Waals surface area contributed by atoms with Crippen molar-refractivity contribution in [1.29, 1.82) is 0 Å². The van der Waals surface area contributed by atoms with Gasteiger partial charge in [0.25, 0.3) is 0 Å². The van der Waals surface area contributed by atoms with E-state index in [2.05, 4.69) is 15.2 Å². The van der Waals surface area contributed by atoms with Crippen molar-refractivity contribution in [2.45, 2.75) is 31.8 Å². The van der Waals surface area contributed by atoms with Crippen molar-refractivity contribution in [3.8, 4) is 11.5 Å². The third-order valence-corrected chi connectivity index (χ3v) is 5.39. The molecule has 0 saturated carbocycles. The zero-order valence-corrected chi connectivity index (χ0v) is 15.8. The monoisotopic (exact) mass is 384 g/mol. The molecule has 3 heterocycles. The van der Waals surface area contributed by atoms with Crippen molar-refractivity contribution in [1.82, 2.24) is 20.1 Å². The molecule has 2 saturated heterocycles. The molecule has 0 aliphatic carbocycles. The number of benzene rings is 1. The van der Waals surface area contributed by atoms with Crippen molar-refractivity contribution in [3.05, 3.63) is 54.1 Å². The van der Waals surface area contributed by atoms with Crippen LogP contribution < -0.4 is 10.1 Å². The molecule has 1 aromatic carbocycles. The van der Waals surface area contributed by atoms with Gasteiger partial charge in [-0.3, -0.25) is 9.88 Å². The molecule has 0 spiro atoms.